The molecule has 2 aromatic heterocycles. The Morgan fingerprint density at radius 2 is 2.12 bits per heavy atom. The molecule has 0 fully saturated rings. The van der Waals surface area contributed by atoms with E-state index >= 15 is 0 Å². The van der Waals surface area contributed by atoms with Crippen LogP contribution in [0, 0.1) is 0 Å². The van der Waals surface area contributed by atoms with E-state index in [9.17, 15) is 0 Å². The zero-order chi connectivity index (χ0) is 12.3. The SMILES string of the molecule is CC(C)(C)NCc1ccc(-n2cncn2)nc1. The van der Waals surface area contributed by atoms with Gasteiger partial charge in [-0.2, -0.15) is 5.10 Å². The van der Waals surface area contributed by atoms with Crippen LogP contribution in [0.1, 0.15) is 26.3 Å². The van der Waals surface area contributed by atoms with Crippen LogP contribution in [0.2, 0.25) is 0 Å². The molecule has 0 bridgehead atoms. The van der Waals surface area contributed by atoms with E-state index in [4.69, 9.17) is 0 Å². The summed E-state index contributed by atoms with van der Waals surface area (Å²) in [6.45, 7) is 7.24. The second-order valence-corrected chi connectivity index (χ2v) is 4.97. The topological polar surface area (TPSA) is 55.6 Å². The van der Waals surface area contributed by atoms with Gasteiger partial charge in [0.15, 0.2) is 5.82 Å². The minimum Gasteiger partial charge on any atom is -0.308 e. The molecule has 5 nitrogen and oxygen atoms in total. The number of nitrogens with one attached hydrogen (secondary N) is 1. The fourth-order valence-corrected chi connectivity index (χ4v) is 1.35. The molecule has 0 unspecified atom stereocenters. The summed E-state index contributed by atoms with van der Waals surface area (Å²) in [5.41, 5.74) is 1.27. The summed E-state index contributed by atoms with van der Waals surface area (Å²) in [5.74, 6) is 0.780. The van der Waals surface area contributed by atoms with Crippen LogP contribution in [-0.2, 0) is 6.54 Å². The molecule has 5 heteroatoms. The van der Waals surface area contributed by atoms with Gasteiger partial charge in [0.1, 0.15) is 12.7 Å². The lowest BCUT2D eigenvalue weighted by Gasteiger charge is -2.20. The zero-order valence-corrected chi connectivity index (χ0v) is 10.4. The van der Waals surface area contributed by atoms with Crippen LogP contribution in [0.5, 0.6) is 0 Å². The van der Waals surface area contributed by atoms with Gasteiger partial charge in [-0.1, -0.05) is 6.07 Å². The highest BCUT2D eigenvalue weighted by molar-refractivity contribution is 5.23. The van der Waals surface area contributed by atoms with Crippen LogP contribution in [-0.4, -0.2) is 25.3 Å². The highest BCUT2D eigenvalue weighted by Crippen LogP contribution is 2.06. The van der Waals surface area contributed by atoms with Crippen molar-refractivity contribution in [1.82, 2.24) is 25.1 Å². The van der Waals surface area contributed by atoms with Gasteiger partial charge in [-0.3, -0.25) is 0 Å². The third kappa shape index (κ3) is 3.35. The normalized spacial score (nSPS) is 11.7. The van der Waals surface area contributed by atoms with Crippen molar-refractivity contribution in [3.05, 3.63) is 36.5 Å². The van der Waals surface area contributed by atoms with E-state index in [2.05, 4.69) is 41.2 Å². The largest absolute Gasteiger partial charge is 0.308 e. The van der Waals surface area contributed by atoms with Gasteiger partial charge in [0.25, 0.3) is 0 Å². The number of rotatable bonds is 3. The van der Waals surface area contributed by atoms with Gasteiger partial charge in [-0.15, -0.1) is 0 Å². The van der Waals surface area contributed by atoms with E-state index < -0.39 is 0 Å². The molecule has 2 heterocycles. The van der Waals surface area contributed by atoms with Crippen molar-refractivity contribution in [2.24, 2.45) is 0 Å². The highest BCUT2D eigenvalue weighted by Gasteiger charge is 2.08. The molecule has 0 aliphatic rings. The van der Waals surface area contributed by atoms with E-state index in [0.717, 1.165) is 17.9 Å². The summed E-state index contributed by atoms with van der Waals surface area (Å²) >= 11 is 0. The molecule has 0 aliphatic heterocycles. The van der Waals surface area contributed by atoms with E-state index in [-0.39, 0.29) is 5.54 Å². The molecule has 0 saturated heterocycles. The maximum absolute atomic E-state index is 4.34. The molecule has 0 atom stereocenters. The van der Waals surface area contributed by atoms with E-state index in [1.807, 2.05) is 18.3 Å². The van der Waals surface area contributed by atoms with Gasteiger partial charge in [0.2, 0.25) is 0 Å². The first-order valence-electron chi connectivity index (χ1n) is 5.59. The van der Waals surface area contributed by atoms with Crippen molar-refractivity contribution in [2.75, 3.05) is 0 Å². The van der Waals surface area contributed by atoms with Crippen LogP contribution in [0.3, 0.4) is 0 Å². The Morgan fingerprint density at radius 1 is 1.29 bits per heavy atom. The molecule has 0 amide bonds. The first-order valence-corrected chi connectivity index (χ1v) is 5.59. The molecular weight excluding hydrogens is 214 g/mol. The summed E-state index contributed by atoms with van der Waals surface area (Å²) in [6, 6.07) is 3.98. The molecule has 90 valence electrons. The van der Waals surface area contributed by atoms with Crippen LogP contribution < -0.4 is 5.32 Å². The predicted molar refractivity (Wildman–Crippen MR) is 65.7 cm³/mol. The van der Waals surface area contributed by atoms with Crippen LogP contribution in [0.4, 0.5) is 0 Å². The molecule has 0 spiro atoms. The Balaban J connectivity index is 2.04. The first-order chi connectivity index (χ1) is 8.04. The molecule has 1 N–H and O–H groups in total. The average Bonchev–Trinajstić information content (AvgIpc) is 2.79. The summed E-state index contributed by atoms with van der Waals surface area (Å²) in [5, 5.41) is 7.45. The van der Waals surface area contributed by atoms with E-state index in [0.29, 0.717) is 0 Å². The quantitative estimate of drug-likeness (QED) is 0.870. The van der Waals surface area contributed by atoms with Crippen molar-refractivity contribution in [3.8, 4) is 5.82 Å². The molecule has 2 rings (SSSR count). The summed E-state index contributed by atoms with van der Waals surface area (Å²) in [7, 11) is 0. The van der Waals surface area contributed by atoms with Crippen LogP contribution >= 0.6 is 0 Å². The molecule has 0 saturated carbocycles. The second kappa shape index (κ2) is 4.63. The third-order valence-electron chi connectivity index (χ3n) is 2.29. The monoisotopic (exact) mass is 231 g/mol. The molecule has 17 heavy (non-hydrogen) atoms. The molecule has 2 aromatic rings. The van der Waals surface area contributed by atoms with Crippen molar-refractivity contribution >= 4 is 0 Å². The smallest absolute Gasteiger partial charge is 0.155 e. The number of aromatic nitrogens is 4. The van der Waals surface area contributed by atoms with Gasteiger partial charge < -0.3 is 5.32 Å². The lowest BCUT2D eigenvalue weighted by atomic mass is 10.1. The standard InChI is InChI=1S/C12H17N5/c1-12(2,3)15-7-10-4-5-11(14-6-10)17-9-13-8-16-17/h4-6,8-9,15H,7H2,1-3H3. The zero-order valence-electron chi connectivity index (χ0n) is 10.4. The fraction of sp³-hybridized carbons (Fsp3) is 0.417. The minimum atomic E-state index is 0.116. The summed E-state index contributed by atoms with van der Waals surface area (Å²) < 4.78 is 1.64. The van der Waals surface area contributed by atoms with Gasteiger partial charge in [-0.25, -0.2) is 14.6 Å². The maximum Gasteiger partial charge on any atom is 0.155 e. The van der Waals surface area contributed by atoms with Crippen molar-refractivity contribution in [1.29, 1.82) is 0 Å². The Morgan fingerprint density at radius 3 is 2.65 bits per heavy atom. The van der Waals surface area contributed by atoms with Crippen molar-refractivity contribution in [3.63, 3.8) is 0 Å². The Labute approximate surface area is 101 Å². The van der Waals surface area contributed by atoms with Gasteiger partial charge in [0.05, 0.1) is 0 Å². The van der Waals surface area contributed by atoms with Gasteiger partial charge >= 0.3 is 0 Å². The van der Waals surface area contributed by atoms with Gasteiger partial charge in [0, 0.05) is 18.3 Å². The summed E-state index contributed by atoms with van der Waals surface area (Å²) in [4.78, 5) is 8.23. The lowest BCUT2D eigenvalue weighted by molar-refractivity contribution is 0.424. The van der Waals surface area contributed by atoms with Crippen molar-refractivity contribution < 1.29 is 0 Å². The third-order valence-corrected chi connectivity index (χ3v) is 2.29. The number of hydrogen-bond donors (Lipinski definition) is 1. The van der Waals surface area contributed by atoms with Crippen molar-refractivity contribution in [2.45, 2.75) is 32.9 Å². The Hall–Kier alpha value is -1.75. The summed E-state index contributed by atoms with van der Waals surface area (Å²) in [6.07, 6.45) is 4.99. The predicted octanol–water partition coefficient (Wildman–Crippen LogP) is 1.55. The highest BCUT2D eigenvalue weighted by atomic mass is 15.3. The van der Waals surface area contributed by atoms with E-state index in [1.165, 1.54) is 6.33 Å². The van der Waals surface area contributed by atoms with Crippen LogP contribution in [0.15, 0.2) is 31.0 Å². The maximum atomic E-state index is 4.34. The molecule has 0 radical (unpaired) electrons. The van der Waals surface area contributed by atoms with Crippen LogP contribution in [0.25, 0.3) is 5.82 Å². The Bertz CT molecular complexity index is 453. The lowest BCUT2D eigenvalue weighted by Crippen LogP contribution is -2.35. The first kappa shape index (κ1) is 11.7. The number of hydrogen-bond acceptors (Lipinski definition) is 4. The molecule has 0 aliphatic carbocycles. The second-order valence-electron chi connectivity index (χ2n) is 4.97. The molecule has 0 aromatic carbocycles. The number of pyridine rings is 1. The Kier molecular flexibility index (Phi) is 3.19. The van der Waals surface area contributed by atoms with Gasteiger partial charge in [-0.05, 0) is 32.4 Å². The van der Waals surface area contributed by atoms with E-state index in [1.54, 1.807) is 11.0 Å². The minimum absolute atomic E-state index is 0.116. The average molecular weight is 231 g/mol. The molecular formula is C12H17N5. The number of nitrogens with zero attached hydrogens (tertiary/aromatic N) is 4. The fourth-order valence-electron chi connectivity index (χ4n) is 1.35.